The van der Waals surface area contributed by atoms with Crippen LogP contribution in [0, 0.1) is 0 Å². The molecule has 1 heterocycles. The number of nitrogens with one attached hydrogen (secondary N) is 2. The second-order valence-electron chi connectivity index (χ2n) is 6.20. The summed E-state index contributed by atoms with van der Waals surface area (Å²) in [6.07, 6.45) is 0. The van der Waals surface area contributed by atoms with E-state index in [1.807, 2.05) is 20.8 Å². The topological polar surface area (TPSA) is 85.4 Å². The summed E-state index contributed by atoms with van der Waals surface area (Å²) in [7, 11) is 3.09. The smallest absolute Gasteiger partial charge is 0.276 e. The van der Waals surface area contributed by atoms with E-state index in [9.17, 15) is 4.79 Å². The Kier molecular flexibility index (Phi) is 5.23. The molecule has 0 unspecified atom stereocenters. The standard InChI is InChI=1S/C17H22N4O3/c1-17(2,3)19-15-9-8-13(20-21-15)16(22)18-12-7-6-11(23-4)10-14(12)24-5/h6-10H,1-5H3,(H,18,22)(H,19,21). The highest BCUT2D eigenvalue weighted by atomic mass is 16.5. The lowest BCUT2D eigenvalue weighted by Crippen LogP contribution is -2.27. The van der Waals surface area contributed by atoms with E-state index in [4.69, 9.17) is 9.47 Å². The van der Waals surface area contributed by atoms with Crippen molar-refractivity contribution in [1.82, 2.24) is 10.2 Å². The predicted molar refractivity (Wildman–Crippen MR) is 92.9 cm³/mol. The van der Waals surface area contributed by atoms with Crippen LogP contribution in [0.4, 0.5) is 11.5 Å². The third-order valence-corrected chi connectivity index (χ3v) is 3.06. The minimum absolute atomic E-state index is 0.130. The first kappa shape index (κ1) is 17.5. The van der Waals surface area contributed by atoms with Crippen molar-refractivity contribution in [2.45, 2.75) is 26.3 Å². The van der Waals surface area contributed by atoms with Crippen molar-refractivity contribution in [2.24, 2.45) is 0 Å². The highest BCUT2D eigenvalue weighted by Gasteiger charge is 2.14. The number of nitrogens with zero attached hydrogens (tertiary/aromatic N) is 2. The molecule has 0 fully saturated rings. The van der Waals surface area contributed by atoms with E-state index in [2.05, 4.69) is 20.8 Å². The van der Waals surface area contributed by atoms with Crippen molar-refractivity contribution in [3.8, 4) is 11.5 Å². The van der Waals surface area contributed by atoms with Crippen LogP contribution in [0.25, 0.3) is 0 Å². The molecule has 2 aromatic rings. The average molecular weight is 330 g/mol. The minimum atomic E-state index is -0.367. The van der Waals surface area contributed by atoms with Crippen molar-refractivity contribution in [2.75, 3.05) is 24.9 Å². The molecule has 0 aliphatic carbocycles. The number of amides is 1. The highest BCUT2D eigenvalue weighted by molar-refractivity contribution is 6.03. The third-order valence-electron chi connectivity index (χ3n) is 3.06. The average Bonchev–Trinajstić information content (AvgIpc) is 2.54. The SMILES string of the molecule is COc1ccc(NC(=O)c2ccc(NC(C)(C)C)nn2)c(OC)c1. The minimum Gasteiger partial charge on any atom is -0.497 e. The van der Waals surface area contributed by atoms with E-state index >= 15 is 0 Å². The molecule has 0 saturated carbocycles. The summed E-state index contributed by atoms with van der Waals surface area (Å²) in [5, 5.41) is 13.9. The molecule has 1 amide bonds. The molecule has 0 aliphatic rings. The number of benzene rings is 1. The van der Waals surface area contributed by atoms with Gasteiger partial charge < -0.3 is 20.1 Å². The lowest BCUT2D eigenvalue weighted by atomic mass is 10.1. The number of carbonyl (C=O) groups excluding carboxylic acids is 1. The van der Waals surface area contributed by atoms with Crippen LogP contribution in [0.1, 0.15) is 31.3 Å². The Bertz CT molecular complexity index is 709. The number of hydrogen-bond acceptors (Lipinski definition) is 6. The molecular weight excluding hydrogens is 308 g/mol. The van der Waals surface area contributed by atoms with E-state index in [1.165, 1.54) is 7.11 Å². The Morgan fingerprint density at radius 3 is 2.33 bits per heavy atom. The van der Waals surface area contributed by atoms with Crippen molar-refractivity contribution in [1.29, 1.82) is 0 Å². The summed E-state index contributed by atoms with van der Waals surface area (Å²) in [5.41, 5.74) is 0.615. The zero-order valence-corrected chi connectivity index (χ0v) is 14.5. The van der Waals surface area contributed by atoms with Crippen LogP contribution in [0.5, 0.6) is 11.5 Å². The van der Waals surface area contributed by atoms with Crippen molar-refractivity contribution < 1.29 is 14.3 Å². The number of methoxy groups -OCH3 is 2. The Morgan fingerprint density at radius 1 is 1.04 bits per heavy atom. The number of hydrogen-bond donors (Lipinski definition) is 2. The van der Waals surface area contributed by atoms with E-state index in [-0.39, 0.29) is 17.1 Å². The van der Waals surface area contributed by atoms with Crippen LogP contribution in [0.15, 0.2) is 30.3 Å². The Hall–Kier alpha value is -2.83. The number of anilines is 2. The third kappa shape index (κ3) is 4.58. The fraction of sp³-hybridized carbons (Fsp3) is 0.353. The van der Waals surface area contributed by atoms with Crippen molar-refractivity contribution in [3.63, 3.8) is 0 Å². The number of carbonyl (C=O) groups is 1. The summed E-state index contributed by atoms with van der Waals surface area (Å²) >= 11 is 0. The second-order valence-corrected chi connectivity index (χ2v) is 6.20. The van der Waals surface area contributed by atoms with Crippen LogP contribution in [-0.4, -0.2) is 35.9 Å². The lowest BCUT2D eigenvalue weighted by molar-refractivity contribution is 0.102. The summed E-state index contributed by atoms with van der Waals surface area (Å²) < 4.78 is 10.4. The molecule has 0 bridgehead atoms. The van der Waals surface area contributed by atoms with Gasteiger partial charge in [-0.05, 0) is 45.0 Å². The fourth-order valence-electron chi connectivity index (χ4n) is 1.99. The summed E-state index contributed by atoms with van der Waals surface area (Å²) in [5.74, 6) is 1.39. The Morgan fingerprint density at radius 2 is 1.79 bits per heavy atom. The molecule has 0 radical (unpaired) electrons. The van der Waals surface area contributed by atoms with Crippen LogP contribution in [0.3, 0.4) is 0 Å². The zero-order valence-electron chi connectivity index (χ0n) is 14.5. The van der Waals surface area contributed by atoms with Crippen LogP contribution in [-0.2, 0) is 0 Å². The molecule has 1 aromatic heterocycles. The van der Waals surface area contributed by atoms with E-state index in [0.717, 1.165) is 0 Å². The molecule has 1 aromatic carbocycles. The fourth-order valence-corrected chi connectivity index (χ4v) is 1.99. The van der Waals surface area contributed by atoms with Crippen molar-refractivity contribution >= 4 is 17.4 Å². The molecule has 0 saturated heterocycles. The lowest BCUT2D eigenvalue weighted by Gasteiger charge is -2.20. The summed E-state index contributed by atoms with van der Waals surface area (Å²) in [6.45, 7) is 6.06. The van der Waals surface area contributed by atoms with Gasteiger partial charge in [-0.25, -0.2) is 0 Å². The zero-order chi connectivity index (χ0) is 17.7. The van der Waals surface area contributed by atoms with E-state index < -0.39 is 0 Å². The van der Waals surface area contributed by atoms with Crippen LogP contribution in [0.2, 0.25) is 0 Å². The Balaban J connectivity index is 2.12. The molecule has 0 spiro atoms. The van der Waals surface area contributed by atoms with Crippen LogP contribution < -0.4 is 20.1 Å². The number of aromatic nitrogens is 2. The monoisotopic (exact) mass is 330 g/mol. The van der Waals surface area contributed by atoms with Gasteiger partial charge in [-0.15, -0.1) is 10.2 Å². The first-order chi connectivity index (χ1) is 11.3. The van der Waals surface area contributed by atoms with E-state index in [0.29, 0.717) is 23.0 Å². The maximum absolute atomic E-state index is 12.3. The maximum atomic E-state index is 12.3. The van der Waals surface area contributed by atoms with Gasteiger partial charge in [-0.3, -0.25) is 4.79 Å². The molecule has 7 heteroatoms. The normalized spacial score (nSPS) is 10.9. The molecule has 0 aliphatic heterocycles. The largest absolute Gasteiger partial charge is 0.497 e. The Labute approximate surface area is 141 Å². The second kappa shape index (κ2) is 7.16. The van der Waals surface area contributed by atoms with Crippen LogP contribution >= 0.6 is 0 Å². The summed E-state index contributed by atoms with van der Waals surface area (Å²) in [6, 6.07) is 8.47. The molecule has 128 valence electrons. The van der Waals surface area contributed by atoms with Gasteiger partial charge >= 0.3 is 0 Å². The van der Waals surface area contributed by atoms with Gasteiger partial charge in [0.15, 0.2) is 5.69 Å². The molecular formula is C17H22N4O3. The quantitative estimate of drug-likeness (QED) is 0.877. The van der Waals surface area contributed by atoms with Gasteiger partial charge in [0.05, 0.1) is 19.9 Å². The molecule has 0 atom stereocenters. The predicted octanol–water partition coefficient (Wildman–Crippen LogP) is 2.96. The maximum Gasteiger partial charge on any atom is 0.276 e. The summed E-state index contributed by atoms with van der Waals surface area (Å²) in [4.78, 5) is 12.3. The van der Waals surface area contributed by atoms with Crippen molar-refractivity contribution in [3.05, 3.63) is 36.0 Å². The number of ether oxygens (including phenoxy) is 2. The van der Waals surface area contributed by atoms with Gasteiger partial charge in [0.1, 0.15) is 17.3 Å². The van der Waals surface area contributed by atoms with Gasteiger partial charge in [-0.1, -0.05) is 0 Å². The van der Waals surface area contributed by atoms with Gasteiger partial charge in [0.25, 0.3) is 5.91 Å². The first-order valence-corrected chi connectivity index (χ1v) is 7.47. The highest BCUT2D eigenvalue weighted by Crippen LogP contribution is 2.29. The van der Waals surface area contributed by atoms with Gasteiger partial charge in [0.2, 0.25) is 0 Å². The van der Waals surface area contributed by atoms with Gasteiger partial charge in [0, 0.05) is 11.6 Å². The first-order valence-electron chi connectivity index (χ1n) is 7.47. The molecule has 2 rings (SSSR count). The van der Waals surface area contributed by atoms with Gasteiger partial charge in [-0.2, -0.15) is 0 Å². The van der Waals surface area contributed by atoms with E-state index in [1.54, 1.807) is 37.4 Å². The molecule has 2 N–H and O–H groups in total. The number of rotatable bonds is 5. The molecule has 7 nitrogen and oxygen atoms in total. The molecule has 24 heavy (non-hydrogen) atoms.